The van der Waals surface area contributed by atoms with E-state index < -0.39 is 0 Å². The van der Waals surface area contributed by atoms with Gasteiger partial charge in [0, 0.05) is 25.3 Å². The van der Waals surface area contributed by atoms with Crippen LogP contribution in [-0.2, 0) is 9.53 Å². The topological polar surface area (TPSA) is 50.4 Å². The minimum atomic E-state index is 0.136. The Morgan fingerprint density at radius 2 is 1.89 bits per heavy atom. The van der Waals surface area contributed by atoms with E-state index in [9.17, 15) is 4.79 Å². The van der Waals surface area contributed by atoms with E-state index in [1.165, 1.54) is 19.3 Å². The smallest absolute Gasteiger partial charge is 0.234 e. The summed E-state index contributed by atoms with van der Waals surface area (Å²) in [6.45, 7) is 6.63. The highest BCUT2D eigenvalue weighted by Gasteiger charge is 2.27. The van der Waals surface area contributed by atoms with Crippen LogP contribution in [0.4, 0.5) is 0 Å². The van der Waals surface area contributed by atoms with E-state index in [2.05, 4.69) is 24.5 Å². The van der Waals surface area contributed by atoms with Crippen LogP contribution in [-0.4, -0.2) is 37.7 Å². The van der Waals surface area contributed by atoms with Crippen molar-refractivity contribution in [2.24, 2.45) is 11.8 Å². The summed E-state index contributed by atoms with van der Waals surface area (Å²) in [6, 6.07) is 0.815. The molecule has 0 aromatic rings. The van der Waals surface area contributed by atoms with Crippen LogP contribution >= 0.6 is 0 Å². The zero-order valence-electron chi connectivity index (χ0n) is 12.3. The van der Waals surface area contributed by atoms with E-state index in [-0.39, 0.29) is 5.91 Å². The first-order valence-electron chi connectivity index (χ1n) is 7.77. The maximum atomic E-state index is 11.9. The Hall–Kier alpha value is -0.610. The number of carbonyl (C=O) groups is 1. The maximum Gasteiger partial charge on any atom is 0.234 e. The molecule has 0 aromatic carbocycles. The van der Waals surface area contributed by atoms with Gasteiger partial charge in [-0.1, -0.05) is 26.7 Å². The van der Waals surface area contributed by atoms with Crippen molar-refractivity contribution in [3.63, 3.8) is 0 Å². The molecule has 2 N–H and O–H groups in total. The Balaban J connectivity index is 1.67. The van der Waals surface area contributed by atoms with Gasteiger partial charge in [0.25, 0.3) is 0 Å². The number of nitrogens with one attached hydrogen (secondary N) is 2. The lowest BCUT2D eigenvalue weighted by Gasteiger charge is -2.34. The van der Waals surface area contributed by atoms with Gasteiger partial charge in [0.1, 0.15) is 0 Å². The van der Waals surface area contributed by atoms with Gasteiger partial charge in [-0.25, -0.2) is 0 Å². The van der Waals surface area contributed by atoms with Gasteiger partial charge in [-0.15, -0.1) is 0 Å². The number of amides is 1. The molecule has 0 spiro atoms. The van der Waals surface area contributed by atoms with Crippen molar-refractivity contribution in [3.05, 3.63) is 0 Å². The number of hydrogen-bond donors (Lipinski definition) is 2. The number of ether oxygens (including phenoxy) is 1. The molecule has 1 heterocycles. The summed E-state index contributed by atoms with van der Waals surface area (Å²) in [7, 11) is 0. The van der Waals surface area contributed by atoms with Crippen LogP contribution in [0.1, 0.15) is 46.0 Å². The van der Waals surface area contributed by atoms with Crippen molar-refractivity contribution in [2.75, 3.05) is 19.8 Å². The lowest BCUT2D eigenvalue weighted by Crippen LogP contribution is -2.48. The molecule has 2 aliphatic rings. The van der Waals surface area contributed by atoms with Crippen LogP contribution in [0.25, 0.3) is 0 Å². The Kier molecular flexibility index (Phi) is 5.64. The molecular formula is C15H28N2O2. The summed E-state index contributed by atoms with van der Waals surface area (Å²) in [5.74, 6) is 1.58. The molecule has 1 saturated heterocycles. The van der Waals surface area contributed by atoms with Gasteiger partial charge >= 0.3 is 0 Å². The van der Waals surface area contributed by atoms with Gasteiger partial charge < -0.3 is 15.4 Å². The Morgan fingerprint density at radius 3 is 2.63 bits per heavy atom. The zero-order chi connectivity index (χ0) is 13.7. The molecule has 3 unspecified atom stereocenters. The van der Waals surface area contributed by atoms with Gasteiger partial charge in [0.05, 0.1) is 6.54 Å². The number of rotatable bonds is 4. The fourth-order valence-electron chi connectivity index (χ4n) is 3.21. The van der Waals surface area contributed by atoms with Crippen molar-refractivity contribution in [1.82, 2.24) is 10.6 Å². The normalized spacial score (nSPS) is 33.1. The maximum absolute atomic E-state index is 11.9. The van der Waals surface area contributed by atoms with Crippen LogP contribution < -0.4 is 10.6 Å². The summed E-state index contributed by atoms with van der Waals surface area (Å²) in [6.07, 6.45) is 5.71. The fourth-order valence-corrected chi connectivity index (χ4v) is 3.21. The summed E-state index contributed by atoms with van der Waals surface area (Å²) in [4.78, 5) is 11.9. The predicted octanol–water partition coefficient (Wildman–Crippen LogP) is 1.70. The third kappa shape index (κ3) is 4.46. The SMILES string of the molecule is CC1CCCC(NCC(=O)NC2CCOCC2)C1C. The van der Waals surface area contributed by atoms with Crippen molar-refractivity contribution in [3.8, 4) is 0 Å². The van der Waals surface area contributed by atoms with Crippen LogP contribution in [0.15, 0.2) is 0 Å². The summed E-state index contributed by atoms with van der Waals surface area (Å²) >= 11 is 0. The lowest BCUT2D eigenvalue weighted by atomic mass is 9.78. The van der Waals surface area contributed by atoms with Gasteiger partial charge in [-0.2, -0.15) is 0 Å². The van der Waals surface area contributed by atoms with E-state index in [1.54, 1.807) is 0 Å². The Morgan fingerprint density at radius 1 is 1.16 bits per heavy atom. The molecule has 1 aliphatic heterocycles. The van der Waals surface area contributed by atoms with E-state index >= 15 is 0 Å². The molecule has 0 aromatic heterocycles. The molecular weight excluding hydrogens is 240 g/mol. The predicted molar refractivity (Wildman–Crippen MR) is 76.0 cm³/mol. The molecule has 2 fully saturated rings. The van der Waals surface area contributed by atoms with Crippen molar-refractivity contribution >= 4 is 5.91 Å². The first kappa shape index (κ1) is 14.8. The fraction of sp³-hybridized carbons (Fsp3) is 0.933. The van der Waals surface area contributed by atoms with Crippen LogP contribution in [0, 0.1) is 11.8 Å². The quantitative estimate of drug-likeness (QED) is 0.816. The third-order valence-electron chi connectivity index (χ3n) is 4.82. The summed E-state index contributed by atoms with van der Waals surface area (Å²) in [5, 5.41) is 6.55. The lowest BCUT2D eigenvalue weighted by molar-refractivity contribution is -0.121. The average Bonchev–Trinajstić information content (AvgIpc) is 2.42. The first-order chi connectivity index (χ1) is 9.16. The van der Waals surface area contributed by atoms with Gasteiger partial charge in [-0.3, -0.25) is 4.79 Å². The van der Waals surface area contributed by atoms with Gasteiger partial charge in [-0.05, 0) is 31.1 Å². The van der Waals surface area contributed by atoms with Crippen LogP contribution in [0.3, 0.4) is 0 Å². The second kappa shape index (κ2) is 7.25. The molecule has 4 heteroatoms. The van der Waals surface area contributed by atoms with Gasteiger partial charge in [0.2, 0.25) is 5.91 Å². The van der Waals surface area contributed by atoms with E-state index in [0.29, 0.717) is 24.5 Å². The minimum Gasteiger partial charge on any atom is -0.381 e. The summed E-state index contributed by atoms with van der Waals surface area (Å²) < 4.78 is 5.30. The highest BCUT2D eigenvalue weighted by molar-refractivity contribution is 5.78. The molecule has 3 atom stereocenters. The molecule has 1 aliphatic carbocycles. The molecule has 19 heavy (non-hydrogen) atoms. The minimum absolute atomic E-state index is 0.136. The molecule has 1 amide bonds. The molecule has 110 valence electrons. The second-order valence-electron chi connectivity index (χ2n) is 6.21. The van der Waals surface area contributed by atoms with Crippen molar-refractivity contribution in [1.29, 1.82) is 0 Å². The molecule has 4 nitrogen and oxygen atoms in total. The average molecular weight is 268 g/mol. The van der Waals surface area contributed by atoms with Crippen molar-refractivity contribution < 1.29 is 9.53 Å². The Bertz CT molecular complexity index is 290. The van der Waals surface area contributed by atoms with E-state index in [4.69, 9.17) is 4.74 Å². The Labute approximate surface area is 116 Å². The highest BCUT2D eigenvalue weighted by Crippen LogP contribution is 2.29. The number of carbonyl (C=O) groups excluding carboxylic acids is 1. The van der Waals surface area contributed by atoms with Crippen LogP contribution in [0.2, 0.25) is 0 Å². The molecule has 0 bridgehead atoms. The van der Waals surface area contributed by atoms with E-state index in [1.807, 2.05) is 0 Å². The van der Waals surface area contributed by atoms with Crippen molar-refractivity contribution in [2.45, 2.75) is 58.0 Å². The second-order valence-corrected chi connectivity index (χ2v) is 6.21. The number of hydrogen-bond acceptors (Lipinski definition) is 3. The molecule has 1 saturated carbocycles. The zero-order valence-corrected chi connectivity index (χ0v) is 12.3. The first-order valence-corrected chi connectivity index (χ1v) is 7.77. The molecule has 0 radical (unpaired) electrons. The van der Waals surface area contributed by atoms with Gasteiger partial charge in [0.15, 0.2) is 0 Å². The standard InChI is InChI=1S/C15H28N2O2/c1-11-4-3-5-14(12(11)2)16-10-15(18)17-13-6-8-19-9-7-13/h11-14,16H,3-10H2,1-2H3,(H,17,18). The molecule has 2 rings (SSSR count). The summed E-state index contributed by atoms with van der Waals surface area (Å²) in [5.41, 5.74) is 0. The monoisotopic (exact) mass is 268 g/mol. The largest absolute Gasteiger partial charge is 0.381 e. The van der Waals surface area contributed by atoms with E-state index in [0.717, 1.165) is 32.0 Å². The third-order valence-corrected chi connectivity index (χ3v) is 4.82. The highest BCUT2D eigenvalue weighted by atomic mass is 16.5. The van der Waals surface area contributed by atoms with Crippen LogP contribution in [0.5, 0.6) is 0 Å².